The van der Waals surface area contributed by atoms with Crippen molar-refractivity contribution >= 4 is 0 Å². The largest absolute Gasteiger partial charge is 0.490 e. The van der Waals surface area contributed by atoms with Gasteiger partial charge in [0.25, 0.3) is 0 Å². The molecule has 4 rings (SSSR count). The average Bonchev–Trinajstić information content (AvgIpc) is 2.85. The number of benzene rings is 3. The van der Waals surface area contributed by atoms with Crippen LogP contribution in [0.4, 0.5) is 13.2 Å². The molecule has 0 atom stereocenters. The van der Waals surface area contributed by atoms with Crippen molar-refractivity contribution < 1.29 is 22.6 Å². The SMILES string of the molecule is C=CCOc1ccc(C2CCC(COc3ccc(-c4ccc(C)cc4)c(F)c3F)CC2)cc1F. The molecule has 0 amide bonds. The van der Waals surface area contributed by atoms with E-state index in [1.807, 2.05) is 25.1 Å². The Balaban J connectivity index is 1.33. The maximum absolute atomic E-state index is 14.7. The quantitative estimate of drug-likeness (QED) is 0.313. The van der Waals surface area contributed by atoms with Crippen molar-refractivity contribution in [2.75, 3.05) is 13.2 Å². The van der Waals surface area contributed by atoms with E-state index >= 15 is 0 Å². The lowest BCUT2D eigenvalue weighted by Crippen LogP contribution is -2.19. The van der Waals surface area contributed by atoms with Gasteiger partial charge in [0.1, 0.15) is 6.61 Å². The van der Waals surface area contributed by atoms with E-state index in [-0.39, 0.29) is 41.3 Å². The van der Waals surface area contributed by atoms with Gasteiger partial charge in [0, 0.05) is 5.56 Å². The van der Waals surface area contributed by atoms with Gasteiger partial charge < -0.3 is 9.47 Å². The molecular formula is C29H29F3O2. The molecule has 0 unspecified atom stereocenters. The van der Waals surface area contributed by atoms with E-state index in [0.29, 0.717) is 12.2 Å². The van der Waals surface area contributed by atoms with Crippen LogP contribution < -0.4 is 9.47 Å². The molecule has 2 nitrogen and oxygen atoms in total. The molecule has 0 heterocycles. The predicted octanol–water partition coefficient (Wildman–Crippen LogP) is 8.00. The maximum Gasteiger partial charge on any atom is 0.201 e. The summed E-state index contributed by atoms with van der Waals surface area (Å²) in [4.78, 5) is 0. The van der Waals surface area contributed by atoms with Crippen LogP contribution in [0.15, 0.2) is 67.3 Å². The molecule has 0 aliphatic heterocycles. The Morgan fingerprint density at radius 3 is 2.24 bits per heavy atom. The van der Waals surface area contributed by atoms with E-state index in [4.69, 9.17) is 9.47 Å². The van der Waals surface area contributed by atoms with Gasteiger partial charge in [-0.05, 0) is 79.8 Å². The van der Waals surface area contributed by atoms with Crippen LogP contribution in [0.5, 0.6) is 11.5 Å². The highest BCUT2D eigenvalue weighted by molar-refractivity contribution is 5.65. The molecule has 5 heteroatoms. The van der Waals surface area contributed by atoms with E-state index in [2.05, 4.69) is 6.58 Å². The van der Waals surface area contributed by atoms with E-state index in [0.717, 1.165) is 36.8 Å². The lowest BCUT2D eigenvalue weighted by molar-refractivity contribution is 0.192. The smallest absolute Gasteiger partial charge is 0.201 e. The van der Waals surface area contributed by atoms with Crippen LogP contribution in [-0.4, -0.2) is 13.2 Å². The lowest BCUT2D eigenvalue weighted by atomic mass is 9.79. The van der Waals surface area contributed by atoms with Crippen molar-refractivity contribution in [3.05, 3.63) is 95.8 Å². The van der Waals surface area contributed by atoms with E-state index < -0.39 is 11.6 Å². The van der Waals surface area contributed by atoms with Crippen LogP contribution in [0, 0.1) is 30.3 Å². The first kappa shape index (κ1) is 23.9. The van der Waals surface area contributed by atoms with Crippen LogP contribution in [-0.2, 0) is 0 Å². The molecule has 0 saturated heterocycles. The topological polar surface area (TPSA) is 18.5 Å². The number of hydrogen-bond acceptors (Lipinski definition) is 2. The Hall–Kier alpha value is -3.21. The Kier molecular flexibility index (Phi) is 7.61. The summed E-state index contributed by atoms with van der Waals surface area (Å²) in [7, 11) is 0. The Labute approximate surface area is 199 Å². The summed E-state index contributed by atoms with van der Waals surface area (Å²) in [6.45, 7) is 6.11. The zero-order chi connectivity index (χ0) is 24.1. The van der Waals surface area contributed by atoms with Gasteiger partial charge in [0.05, 0.1) is 6.61 Å². The summed E-state index contributed by atoms with van der Waals surface area (Å²) in [5.41, 5.74) is 2.86. The molecule has 0 aromatic heterocycles. The highest BCUT2D eigenvalue weighted by Gasteiger charge is 2.24. The van der Waals surface area contributed by atoms with Gasteiger partial charge in [-0.1, -0.05) is 48.6 Å². The minimum absolute atomic E-state index is 0.0623. The lowest BCUT2D eigenvalue weighted by Gasteiger charge is -2.29. The monoisotopic (exact) mass is 466 g/mol. The highest BCUT2D eigenvalue weighted by atomic mass is 19.2. The third-order valence-corrected chi connectivity index (χ3v) is 6.51. The van der Waals surface area contributed by atoms with Crippen LogP contribution in [0.3, 0.4) is 0 Å². The minimum atomic E-state index is -0.957. The third-order valence-electron chi connectivity index (χ3n) is 6.51. The molecule has 1 saturated carbocycles. The summed E-state index contributed by atoms with van der Waals surface area (Å²) in [5.74, 6) is -1.54. The maximum atomic E-state index is 14.7. The van der Waals surface area contributed by atoms with Gasteiger partial charge in [0.15, 0.2) is 23.1 Å². The van der Waals surface area contributed by atoms with Crippen LogP contribution in [0.2, 0.25) is 0 Å². The second-order valence-corrected chi connectivity index (χ2v) is 8.92. The molecule has 1 aliphatic carbocycles. The number of halogens is 3. The number of ether oxygens (including phenoxy) is 2. The van der Waals surface area contributed by atoms with Gasteiger partial charge >= 0.3 is 0 Å². The average molecular weight is 467 g/mol. The van der Waals surface area contributed by atoms with E-state index in [9.17, 15) is 13.2 Å². The third kappa shape index (κ3) is 5.46. The van der Waals surface area contributed by atoms with Crippen molar-refractivity contribution in [2.24, 2.45) is 5.92 Å². The molecule has 0 N–H and O–H groups in total. The summed E-state index contributed by atoms with van der Waals surface area (Å²) >= 11 is 0. The number of rotatable bonds is 8. The highest BCUT2D eigenvalue weighted by Crippen LogP contribution is 2.38. The molecule has 178 valence electrons. The van der Waals surface area contributed by atoms with Crippen LogP contribution in [0.1, 0.15) is 42.7 Å². The minimum Gasteiger partial charge on any atom is -0.490 e. The Bertz CT molecular complexity index is 1130. The molecular weight excluding hydrogens is 437 g/mol. The molecule has 0 radical (unpaired) electrons. The predicted molar refractivity (Wildman–Crippen MR) is 129 cm³/mol. The zero-order valence-electron chi connectivity index (χ0n) is 19.3. The Morgan fingerprint density at radius 1 is 0.853 bits per heavy atom. The summed E-state index contributed by atoms with van der Waals surface area (Å²) in [5, 5.41) is 0. The molecule has 3 aromatic rings. The Morgan fingerprint density at radius 2 is 1.56 bits per heavy atom. The summed E-state index contributed by atoms with van der Waals surface area (Å²) in [6, 6.07) is 15.5. The summed E-state index contributed by atoms with van der Waals surface area (Å²) in [6.07, 6.45) is 5.13. The first-order valence-corrected chi connectivity index (χ1v) is 11.7. The van der Waals surface area contributed by atoms with Gasteiger partial charge in [-0.15, -0.1) is 0 Å². The molecule has 3 aromatic carbocycles. The standard InChI is InChI=1S/C29H29F3O2/c1-3-16-33-26-14-12-23(17-25(26)30)21-10-6-20(7-11-21)18-34-27-15-13-24(28(31)29(27)32)22-8-4-19(2)5-9-22/h3-5,8-9,12-15,17,20-21H,1,6-7,10-11,16,18H2,2H3. The van der Waals surface area contributed by atoms with Crippen molar-refractivity contribution in [1.29, 1.82) is 0 Å². The fourth-order valence-electron chi connectivity index (χ4n) is 4.51. The molecule has 1 aliphatic rings. The summed E-state index contributed by atoms with van der Waals surface area (Å²) < 4.78 is 54.6. The first-order valence-electron chi connectivity index (χ1n) is 11.7. The van der Waals surface area contributed by atoms with Gasteiger partial charge in [0.2, 0.25) is 5.82 Å². The van der Waals surface area contributed by atoms with Gasteiger partial charge in [-0.3, -0.25) is 0 Å². The number of aryl methyl sites for hydroxylation is 1. The number of hydrogen-bond donors (Lipinski definition) is 0. The second kappa shape index (κ2) is 10.8. The van der Waals surface area contributed by atoms with Crippen molar-refractivity contribution in [2.45, 2.75) is 38.5 Å². The van der Waals surface area contributed by atoms with Gasteiger partial charge in [-0.25, -0.2) is 8.78 Å². The molecule has 34 heavy (non-hydrogen) atoms. The van der Waals surface area contributed by atoms with Crippen LogP contribution in [0.25, 0.3) is 11.1 Å². The fourth-order valence-corrected chi connectivity index (χ4v) is 4.51. The first-order chi connectivity index (χ1) is 16.5. The van der Waals surface area contributed by atoms with Crippen LogP contribution >= 0.6 is 0 Å². The molecule has 0 bridgehead atoms. The second-order valence-electron chi connectivity index (χ2n) is 8.92. The van der Waals surface area contributed by atoms with E-state index in [1.165, 1.54) is 6.07 Å². The zero-order valence-corrected chi connectivity index (χ0v) is 19.3. The van der Waals surface area contributed by atoms with Crippen molar-refractivity contribution in [1.82, 2.24) is 0 Å². The molecule has 0 spiro atoms. The normalized spacial score (nSPS) is 17.9. The van der Waals surface area contributed by atoms with Crippen molar-refractivity contribution in [3.63, 3.8) is 0 Å². The van der Waals surface area contributed by atoms with Crippen molar-refractivity contribution in [3.8, 4) is 22.6 Å². The van der Waals surface area contributed by atoms with E-state index in [1.54, 1.807) is 36.4 Å². The molecule has 1 fully saturated rings. The van der Waals surface area contributed by atoms with Gasteiger partial charge in [-0.2, -0.15) is 4.39 Å². The fraction of sp³-hybridized carbons (Fsp3) is 0.310.